The Hall–Kier alpha value is -0.0400. The lowest BCUT2D eigenvalue weighted by Crippen LogP contribution is -2.09. The van der Waals surface area contributed by atoms with Gasteiger partial charge in [0.2, 0.25) is 0 Å². The van der Waals surface area contributed by atoms with E-state index in [1.54, 1.807) is 0 Å². The Labute approximate surface area is 64.0 Å². The van der Waals surface area contributed by atoms with Crippen molar-refractivity contribution in [1.29, 1.82) is 0 Å². The maximum Gasteiger partial charge on any atom is -0.00772 e. The van der Waals surface area contributed by atoms with Crippen molar-refractivity contribution in [2.24, 2.45) is 11.7 Å². The molecule has 1 radical (unpaired) electrons. The lowest BCUT2D eigenvalue weighted by Gasteiger charge is -2.20. The van der Waals surface area contributed by atoms with Gasteiger partial charge in [0.05, 0.1) is 0 Å². The minimum absolute atomic E-state index is 0.872. The lowest BCUT2D eigenvalue weighted by molar-refractivity contribution is 0.382. The molecule has 0 aromatic carbocycles. The van der Waals surface area contributed by atoms with Crippen molar-refractivity contribution in [2.75, 3.05) is 6.54 Å². The van der Waals surface area contributed by atoms with Crippen LogP contribution in [0.1, 0.15) is 38.5 Å². The number of hydrogen-bond acceptors (Lipinski definition) is 1. The van der Waals surface area contributed by atoms with E-state index in [2.05, 4.69) is 6.42 Å². The van der Waals surface area contributed by atoms with Gasteiger partial charge in [-0.05, 0) is 38.1 Å². The smallest absolute Gasteiger partial charge is 0.00772 e. The second-order valence-electron chi connectivity index (χ2n) is 3.25. The first kappa shape index (κ1) is 8.06. The molecule has 1 atom stereocenters. The number of hydrogen-bond donors (Lipinski definition) is 1. The summed E-state index contributed by atoms with van der Waals surface area (Å²) in [5, 5.41) is 0. The summed E-state index contributed by atoms with van der Waals surface area (Å²) in [6, 6.07) is 0. The molecule has 10 heavy (non-hydrogen) atoms. The zero-order chi connectivity index (χ0) is 7.23. The van der Waals surface area contributed by atoms with E-state index in [0.29, 0.717) is 0 Å². The lowest BCUT2D eigenvalue weighted by atomic mass is 9.86. The second kappa shape index (κ2) is 4.73. The third-order valence-electron chi connectivity index (χ3n) is 2.34. The molecule has 0 saturated heterocycles. The maximum absolute atomic E-state index is 5.44. The van der Waals surface area contributed by atoms with Crippen molar-refractivity contribution in [3.05, 3.63) is 6.42 Å². The molecule has 1 fully saturated rings. The second-order valence-corrected chi connectivity index (χ2v) is 3.25. The van der Waals surface area contributed by atoms with Crippen LogP contribution >= 0.6 is 0 Å². The summed E-state index contributed by atoms with van der Waals surface area (Å²) in [5.41, 5.74) is 5.44. The molecule has 1 nitrogen and oxygen atoms in total. The van der Waals surface area contributed by atoms with Crippen LogP contribution in [0.5, 0.6) is 0 Å². The predicted octanol–water partition coefficient (Wildman–Crippen LogP) is 2.12. The monoisotopic (exact) mass is 140 g/mol. The van der Waals surface area contributed by atoms with Gasteiger partial charge in [-0.1, -0.05) is 19.3 Å². The first-order valence-electron chi connectivity index (χ1n) is 4.45. The van der Waals surface area contributed by atoms with Crippen molar-refractivity contribution in [2.45, 2.75) is 38.5 Å². The molecule has 0 aromatic heterocycles. The van der Waals surface area contributed by atoms with E-state index >= 15 is 0 Å². The Morgan fingerprint density at radius 1 is 1.50 bits per heavy atom. The SMILES string of the molecule is NCCCC1C[CH]CCC1. The largest absolute Gasteiger partial charge is 0.330 e. The summed E-state index contributed by atoms with van der Waals surface area (Å²) in [4.78, 5) is 0. The molecule has 0 heterocycles. The highest BCUT2D eigenvalue weighted by molar-refractivity contribution is 4.77. The van der Waals surface area contributed by atoms with Crippen LogP contribution in [0.15, 0.2) is 0 Å². The highest BCUT2D eigenvalue weighted by atomic mass is 14.5. The van der Waals surface area contributed by atoms with Crippen LogP contribution in [0.3, 0.4) is 0 Å². The molecule has 0 spiro atoms. The molecule has 2 N–H and O–H groups in total. The molecule has 0 aliphatic heterocycles. The highest BCUT2D eigenvalue weighted by Gasteiger charge is 2.11. The summed E-state index contributed by atoms with van der Waals surface area (Å²) < 4.78 is 0. The third-order valence-corrected chi connectivity index (χ3v) is 2.34. The normalized spacial score (nSPS) is 21.3. The fourth-order valence-corrected chi connectivity index (χ4v) is 1.69. The average Bonchev–Trinajstić information content (AvgIpc) is 2.03. The van der Waals surface area contributed by atoms with Crippen molar-refractivity contribution in [1.82, 2.24) is 0 Å². The van der Waals surface area contributed by atoms with E-state index in [0.717, 1.165) is 12.5 Å². The number of nitrogens with two attached hydrogens (primary N) is 1. The van der Waals surface area contributed by atoms with E-state index in [-0.39, 0.29) is 0 Å². The van der Waals surface area contributed by atoms with Gasteiger partial charge in [-0.3, -0.25) is 0 Å². The molecule has 0 aromatic rings. The molecular formula is C9H18N. The van der Waals surface area contributed by atoms with Gasteiger partial charge < -0.3 is 5.73 Å². The average molecular weight is 140 g/mol. The van der Waals surface area contributed by atoms with Gasteiger partial charge in [-0.2, -0.15) is 0 Å². The molecular weight excluding hydrogens is 122 g/mol. The highest BCUT2D eigenvalue weighted by Crippen LogP contribution is 2.26. The molecule has 1 aliphatic rings. The first-order chi connectivity index (χ1) is 4.93. The Morgan fingerprint density at radius 2 is 2.40 bits per heavy atom. The van der Waals surface area contributed by atoms with Crippen LogP contribution in [-0.2, 0) is 0 Å². The minimum Gasteiger partial charge on any atom is -0.330 e. The Bertz CT molecular complexity index is 74.8. The molecule has 1 saturated carbocycles. The van der Waals surface area contributed by atoms with Gasteiger partial charge in [0.25, 0.3) is 0 Å². The van der Waals surface area contributed by atoms with Crippen LogP contribution in [0.25, 0.3) is 0 Å². The van der Waals surface area contributed by atoms with Gasteiger partial charge in [0.15, 0.2) is 0 Å². The van der Waals surface area contributed by atoms with Gasteiger partial charge in [-0.15, -0.1) is 0 Å². The minimum atomic E-state index is 0.872. The van der Waals surface area contributed by atoms with Gasteiger partial charge in [0.1, 0.15) is 0 Å². The summed E-state index contributed by atoms with van der Waals surface area (Å²) in [7, 11) is 0. The van der Waals surface area contributed by atoms with Gasteiger partial charge in [0, 0.05) is 0 Å². The quantitative estimate of drug-likeness (QED) is 0.638. The molecule has 0 bridgehead atoms. The summed E-state index contributed by atoms with van der Waals surface area (Å²) in [6.45, 7) is 0.872. The van der Waals surface area contributed by atoms with Gasteiger partial charge in [-0.25, -0.2) is 0 Å². The summed E-state index contributed by atoms with van der Waals surface area (Å²) >= 11 is 0. The molecule has 1 unspecified atom stereocenters. The standard InChI is InChI=1S/C9H18N/c10-8-4-7-9-5-2-1-3-6-9/h2,9H,1,3-8,10H2. The Balaban J connectivity index is 2.02. The molecule has 1 rings (SSSR count). The summed E-state index contributed by atoms with van der Waals surface area (Å²) in [6.07, 6.45) is 10.6. The topological polar surface area (TPSA) is 26.0 Å². The zero-order valence-electron chi connectivity index (χ0n) is 6.68. The molecule has 59 valence electrons. The summed E-state index contributed by atoms with van der Waals surface area (Å²) in [5.74, 6) is 0.970. The molecule has 0 amide bonds. The van der Waals surface area contributed by atoms with E-state index in [9.17, 15) is 0 Å². The van der Waals surface area contributed by atoms with E-state index in [1.165, 1.54) is 38.5 Å². The first-order valence-corrected chi connectivity index (χ1v) is 4.45. The van der Waals surface area contributed by atoms with Crippen LogP contribution in [-0.4, -0.2) is 6.54 Å². The van der Waals surface area contributed by atoms with Crippen molar-refractivity contribution in [3.8, 4) is 0 Å². The molecule has 1 heteroatoms. The van der Waals surface area contributed by atoms with E-state index in [4.69, 9.17) is 5.73 Å². The van der Waals surface area contributed by atoms with E-state index < -0.39 is 0 Å². The number of rotatable bonds is 3. The van der Waals surface area contributed by atoms with E-state index in [1.807, 2.05) is 0 Å². The fourth-order valence-electron chi connectivity index (χ4n) is 1.69. The Kier molecular flexibility index (Phi) is 3.81. The van der Waals surface area contributed by atoms with Crippen molar-refractivity contribution >= 4 is 0 Å². The van der Waals surface area contributed by atoms with Crippen molar-refractivity contribution < 1.29 is 0 Å². The fraction of sp³-hybridized carbons (Fsp3) is 0.889. The zero-order valence-corrected chi connectivity index (χ0v) is 6.68. The maximum atomic E-state index is 5.44. The van der Waals surface area contributed by atoms with Crippen LogP contribution in [0.2, 0.25) is 0 Å². The third kappa shape index (κ3) is 2.70. The van der Waals surface area contributed by atoms with Crippen LogP contribution in [0, 0.1) is 12.3 Å². The Morgan fingerprint density at radius 3 is 3.00 bits per heavy atom. The molecule has 1 aliphatic carbocycles. The van der Waals surface area contributed by atoms with Crippen molar-refractivity contribution in [3.63, 3.8) is 0 Å². The van der Waals surface area contributed by atoms with Crippen LogP contribution < -0.4 is 5.73 Å². The predicted molar refractivity (Wildman–Crippen MR) is 44.5 cm³/mol. The van der Waals surface area contributed by atoms with Gasteiger partial charge >= 0.3 is 0 Å². The van der Waals surface area contributed by atoms with Crippen LogP contribution in [0.4, 0.5) is 0 Å².